The lowest BCUT2D eigenvalue weighted by Crippen LogP contribution is -2.40. The Balaban J connectivity index is 0.00000132. The fourth-order valence-electron chi connectivity index (χ4n) is 2.33. The van der Waals surface area contributed by atoms with Crippen LogP contribution in [0.25, 0.3) is 11.4 Å². The van der Waals surface area contributed by atoms with Crippen molar-refractivity contribution in [2.24, 2.45) is 5.92 Å². The smallest absolute Gasteiger partial charge is 0.246 e. The van der Waals surface area contributed by atoms with Crippen molar-refractivity contribution in [3.8, 4) is 11.4 Å². The average Bonchev–Trinajstić information content (AvgIpc) is 3.03. The maximum atomic E-state index is 12.0. The molecule has 126 valence electrons. The number of hydrogen-bond acceptors (Lipinski definition) is 6. The van der Waals surface area contributed by atoms with E-state index in [0.717, 1.165) is 31.5 Å². The van der Waals surface area contributed by atoms with Gasteiger partial charge in [0, 0.05) is 24.5 Å². The lowest BCUT2D eigenvalue weighted by Gasteiger charge is -2.21. The first-order valence-corrected chi connectivity index (χ1v) is 7.04. The molecule has 1 aliphatic heterocycles. The van der Waals surface area contributed by atoms with Gasteiger partial charge in [0.25, 0.3) is 0 Å². The van der Waals surface area contributed by atoms with E-state index in [1.807, 2.05) is 0 Å². The van der Waals surface area contributed by atoms with Crippen molar-refractivity contribution in [1.29, 1.82) is 0 Å². The highest BCUT2D eigenvalue weighted by Crippen LogP contribution is 2.14. The van der Waals surface area contributed by atoms with Crippen molar-refractivity contribution in [2.45, 2.75) is 19.4 Å². The van der Waals surface area contributed by atoms with Gasteiger partial charge >= 0.3 is 0 Å². The van der Waals surface area contributed by atoms with Gasteiger partial charge in [-0.2, -0.15) is 4.98 Å². The molecular weight excluding hydrogens is 341 g/mol. The molecule has 0 aliphatic carbocycles. The molecule has 1 atom stereocenters. The number of pyridine rings is 1. The predicted molar refractivity (Wildman–Crippen MR) is 89.5 cm³/mol. The minimum absolute atomic E-state index is 0. The highest BCUT2D eigenvalue weighted by molar-refractivity contribution is 5.85. The van der Waals surface area contributed by atoms with Crippen molar-refractivity contribution in [2.75, 3.05) is 13.1 Å². The molecule has 2 aromatic rings. The first-order valence-electron chi connectivity index (χ1n) is 7.04. The molecule has 2 aromatic heterocycles. The lowest BCUT2D eigenvalue weighted by molar-refractivity contribution is -0.125. The first kappa shape index (κ1) is 19.3. The van der Waals surface area contributed by atoms with Crippen LogP contribution in [0.15, 0.2) is 29.0 Å². The standard InChI is InChI=1S/C14H17N5O2.2ClH/c20-14(11-2-1-5-16-8-11)17-9-12-18-13(19-21-12)10-3-6-15-7-4-10;;/h3-4,6-7,11,16H,1-2,5,8-9H2,(H,17,20);2*1H. The Labute approximate surface area is 146 Å². The zero-order valence-electron chi connectivity index (χ0n) is 12.4. The number of nitrogens with one attached hydrogen (secondary N) is 2. The summed E-state index contributed by atoms with van der Waals surface area (Å²) in [5.74, 6) is 0.965. The average molecular weight is 360 g/mol. The van der Waals surface area contributed by atoms with E-state index in [2.05, 4.69) is 25.8 Å². The summed E-state index contributed by atoms with van der Waals surface area (Å²) in [6.45, 7) is 1.98. The monoisotopic (exact) mass is 359 g/mol. The maximum absolute atomic E-state index is 12.0. The fraction of sp³-hybridized carbons (Fsp3) is 0.429. The third-order valence-electron chi connectivity index (χ3n) is 3.49. The number of nitrogens with zero attached hydrogens (tertiary/aromatic N) is 3. The molecule has 2 N–H and O–H groups in total. The molecule has 1 aliphatic rings. The Morgan fingerprint density at radius 1 is 1.35 bits per heavy atom. The number of amides is 1. The number of piperidine rings is 1. The molecule has 1 unspecified atom stereocenters. The largest absolute Gasteiger partial charge is 0.347 e. The molecule has 0 spiro atoms. The van der Waals surface area contributed by atoms with Gasteiger partial charge in [0.15, 0.2) is 0 Å². The van der Waals surface area contributed by atoms with Gasteiger partial charge in [0.2, 0.25) is 17.6 Å². The summed E-state index contributed by atoms with van der Waals surface area (Å²) < 4.78 is 5.14. The Hall–Kier alpha value is -1.70. The highest BCUT2D eigenvalue weighted by Gasteiger charge is 2.21. The van der Waals surface area contributed by atoms with Gasteiger partial charge in [0.05, 0.1) is 12.5 Å². The summed E-state index contributed by atoms with van der Waals surface area (Å²) in [6.07, 6.45) is 5.29. The van der Waals surface area contributed by atoms with Crippen LogP contribution in [0.3, 0.4) is 0 Å². The number of carbonyl (C=O) groups is 1. The predicted octanol–water partition coefficient (Wildman–Crippen LogP) is 1.59. The number of halogens is 2. The second kappa shape index (κ2) is 9.44. The number of carbonyl (C=O) groups excluding carboxylic acids is 1. The van der Waals surface area contributed by atoms with Crippen molar-refractivity contribution in [1.82, 2.24) is 25.8 Å². The van der Waals surface area contributed by atoms with E-state index in [1.54, 1.807) is 24.5 Å². The molecule has 1 saturated heterocycles. The van der Waals surface area contributed by atoms with E-state index >= 15 is 0 Å². The van der Waals surface area contributed by atoms with Gasteiger partial charge in [-0.3, -0.25) is 9.78 Å². The second-order valence-electron chi connectivity index (χ2n) is 5.01. The molecule has 1 fully saturated rings. The Bertz CT molecular complexity index is 602. The molecule has 0 radical (unpaired) electrons. The molecule has 23 heavy (non-hydrogen) atoms. The second-order valence-corrected chi connectivity index (χ2v) is 5.01. The van der Waals surface area contributed by atoms with E-state index in [-0.39, 0.29) is 43.2 Å². The molecule has 3 rings (SSSR count). The number of aromatic nitrogens is 3. The molecular formula is C14H19Cl2N5O2. The molecule has 0 aromatic carbocycles. The van der Waals surface area contributed by atoms with Crippen LogP contribution in [-0.4, -0.2) is 34.1 Å². The Kier molecular flexibility index (Phi) is 7.94. The summed E-state index contributed by atoms with van der Waals surface area (Å²) >= 11 is 0. The molecule has 3 heterocycles. The van der Waals surface area contributed by atoms with Crippen LogP contribution < -0.4 is 10.6 Å². The van der Waals surface area contributed by atoms with Crippen LogP contribution in [0.4, 0.5) is 0 Å². The van der Waals surface area contributed by atoms with Crippen LogP contribution in [0.5, 0.6) is 0 Å². The zero-order valence-corrected chi connectivity index (χ0v) is 14.0. The minimum atomic E-state index is 0. The van der Waals surface area contributed by atoms with Crippen molar-refractivity contribution < 1.29 is 9.32 Å². The van der Waals surface area contributed by atoms with Gasteiger partial charge < -0.3 is 15.2 Å². The topological polar surface area (TPSA) is 92.9 Å². The van der Waals surface area contributed by atoms with Crippen molar-refractivity contribution >= 4 is 30.7 Å². The minimum Gasteiger partial charge on any atom is -0.347 e. The Morgan fingerprint density at radius 3 is 2.83 bits per heavy atom. The van der Waals surface area contributed by atoms with Crippen LogP contribution in [-0.2, 0) is 11.3 Å². The number of rotatable bonds is 4. The molecule has 7 nitrogen and oxygen atoms in total. The summed E-state index contributed by atoms with van der Waals surface area (Å²) in [7, 11) is 0. The third kappa shape index (κ3) is 5.16. The molecule has 0 saturated carbocycles. The van der Waals surface area contributed by atoms with Crippen LogP contribution in [0, 0.1) is 5.92 Å². The van der Waals surface area contributed by atoms with Gasteiger partial charge in [-0.15, -0.1) is 24.8 Å². The number of hydrogen-bond donors (Lipinski definition) is 2. The van der Waals surface area contributed by atoms with Crippen LogP contribution in [0.1, 0.15) is 18.7 Å². The van der Waals surface area contributed by atoms with E-state index in [9.17, 15) is 4.79 Å². The molecule has 1 amide bonds. The normalized spacial score (nSPS) is 16.8. The van der Waals surface area contributed by atoms with Gasteiger partial charge in [-0.1, -0.05) is 5.16 Å². The van der Waals surface area contributed by atoms with Gasteiger partial charge in [-0.05, 0) is 31.5 Å². The van der Waals surface area contributed by atoms with Crippen molar-refractivity contribution in [3.05, 3.63) is 30.4 Å². The van der Waals surface area contributed by atoms with E-state index in [1.165, 1.54) is 0 Å². The summed E-state index contributed by atoms with van der Waals surface area (Å²) in [5.41, 5.74) is 0.836. The first-order chi connectivity index (χ1) is 10.3. The quantitative estimate of drug-likeness (QED) is 0.860. The Morgan fingerprint density at radius 2 is 2.13 bits per heavy atom. The zero-order chi connectivity index (χ0) is 14.5. The summed E-state index contributed by atoms with van der Waals surface area (Å²) in [4.78, 5) is 20.2. The van der Waals surface area contributed by atoms with Gasteiger partial charge in [-0.25, -0.2) is 0 Å². The van der Waals surface area contributed by atoms with Crippen LogP contribution in [0.2, 0.25) is 0 Å². The summed E-state index contributed by atoms with van der Waals surface area (Å²) in [6, 6.07) is 3.61. The maximum Gasteiger partial charge on any atom is 0.246 e. The SMILES string of the molecule is Cl.Cl.O=C(NCc1nc(-c2ccncc2)no1)C1CCCNC1. The fourth-order valence-corrected chi connectivity index (χ4v) is 2.33. The van der Waals surface area contributed by atoms with Crippen LogP contribution >= 0.6 is 24.8 Å². The van der Waals surface area contributed by atoms with E-state index in [0.29, 0.717) is 11.7 Å². The lowest BCUT2D eigenvalue weighted by atomic mass is 9.99. The molecule has 9 heteroatoms. The third-order valence-corrected chi connectivity index (χ3v) is 3.49. The van der Waals surface area contributed by atoms with E-state index < -0.39 is 0 Å². The highest BCUT2D eigenvalue weighted by atomic mass is 35.5. The van der Waals surface area contributed by atoms with E-state index in [4.69, 9.17) is 4.52 Å². The van der Waals surface area contributed by atoms with Crippen molar-refractivity contribution in [3.63, 3.8) is 0 Å². The van der Waals surface area contributed by atoms with Gasteiger partial charge in [0.1, 0.15) is 0 Å². The molecule has 0 bridgehead atoms. The summed E-state index contributed by atoms with van der Waals surface area (Å²) in [5, 5.41) is 9.97.